The Morgan fingerprint density at radius 3 is 2.13 bits per heavy atom. The Labute approximate surface area is 283 Å². The molecule has 0 spiro atoms. The molecule has 248 valence electrons. The second kappa shape index (κ2) is 16.5. The van der Waals surface area contributed by atoms with Gasteiger partial charge in [-0.3, -0.25) is 13.9 Å². The van der Waals surface area contributed by atoms with Gasteiger partial charge >= 0.3 is 0 Å². The lowest BCUT2D eigenvalue weighted by atomic mass is 10.0. The molecule has 2 atom stereocenters. The molecule has 0 unspecified atom stereocenters. The minimum Gasteiger partial charge on any atom is -0.492 e. The van der Waals surface area contributed by atoms with Gasteiger partial charge in [-0.1, -0.05) is 90.8 Å². The largest absolute Gasteiger partial charge is 0.492 e. The van der Waals surface area contributed by atoms with Crippen LogP contribution < -0.4 is 14.4 Å². The minimum atomic E-state index is -4.26. The van der Waals surface area contributed by atoms with Gasteiger partial charge in [0.1, 0.15) is 18.3 Å². The molecule has 0 radical (unpaired) electrons. The highest BCUT2D eigenvalue weighted by molar-refractivity contribution is 7.92. The summed E-state index contributed by atoms with van der Waals surface area (Å²) in [6, 6.07) is 28.6. The summed E-state index contributed by atoms with van der Waals surface area (Å²) in [4.78, 5) is 30.1. The quantitative estimate of drug-likeness (QED) is 0.150. The number of benzene rings is 4. The van der Waals surface area contributed by atoms with Crippen LogP contribution in [0.3, 0.4) is 0 Å². The van der Waals surface area contributed by atoms with Crippen molar-refractivity contribution in [1.82, 2.24) is 10.2 Å². The van der Waals surface area contributed by atoms with E-state index >= 15 is 0 Å². The summed E-state index contributed by atoms with van der Waals surface area (Å²) in [5.41, 5.74) is 2.71. The number of carbonyl (C=O) groups excluding carboxylic acids is 2. The molecule has 0 aliphatic heterocycles. The second-order valence-corrected chi connectivity index (χ2v) is 13.7. The maximum Gasteiger partial charge on any atom is 0.264 e. The first kappa shape index (κ1) is 35.5. The van der Waals surface area contributed by atoms with Crippen molar-refractivity contribution >= 4 is 39.1 Å². The average Bonchev–Trinajstić information content (AvgIpc) is 3.07. The summed E-state index contributed by atoms with van der Waals surface area (Å²) >= 11 is 6.17. The van der Waals surface area contributed by atoms with Crippen LogP contribution in [0.2, 0.25) is 5.02 Å². The van der Waals surface area contributed by atoms with E-state index in [0.717, 1.165) is 21.0 Å². The van der Waals surface area contributed by atoms with E-state index in [0.29, 0.717) is 23.8 Å². The highest BCUT2D eigenvalue weighted by Gasteiger charge is 2.35. The Morgan fingerprint density at radius 1 is 0.851 bits per heavy atom. The van der Waals surface area contributed by atoms with Gasteiger partial charge in [0.05, 0.1) is 17.2 Å². The SMILES string of the molecule is CCOc1ccccc1N(CC(=O)N(Cc1ccc(Cl)cc1)[C@@H](Cc1ccccc1)C(=O)N[C@@H](C)CC)S(=O)(=O)c1ccc(C)cc1. The van der Waals surface area contributed by atoms with Crippen molar-refractivity contribution in [3.63, 3.8) is 0 Å². The predicted octanol–water partition coefficient (Wildman–Crippen LogP) is 6.80. The number of aryl methyl sites for hydroxylation is 1. The maximum atomic E-state index is 14.7. The fourth-order valence-electron chi connectivity index (χ4n) is 5.07. The van der Waals surface area contributed by atoms with Gasteiger partial charge in [-0.2, -0.15) is 0 Å². The summed E-state index contributed by atoms with van der Waals surface area (Å²) in [5, 5.41) is 3.58. The van der Waals surface area contributed by atoms with Gasteiger partial charge in [0, 0.05) is 24.0 Å². The van der Waals surface area contributed by atoms with Crippen LogP contribution in [0.15, 0.2) is 108 Å². The molecule has 8 nitrogen and oxygen atoms in total. The standard InChI is InChI=1S/C37H42ClN3O5S/c1-5-28(4)39-37(43)34(24-29-12-8-7-9-13-29)40(25-30-18-20-31(38)21-19-30)36(42)26-41(33-14-10-11-15-35(33)46-6-2)47(44,45)32-22-16-27(3)17-23-32/h7-23,28,34H,5-6,24-26H2,1-4H3,(H,39,43)/t28-,34-/m0/s1. The lowest BCUT2D eigenvalue weighted by molar-refractivity contribution is -0.140. The lowest BCUT2D eigenvalue weighted by Crippen LogP contribution is -2.54. The van der Waals surface area contributed by atoms with Gasteiger partial charge in [-0.05, 0) is 74.7 Å². The number of halogens is 1. The molecule has 0 aromatic heterocycles. The number of para-hydroxylation sites is 2. The van der Waals surface area contributed by atoms with Crippen LogP contribution in [0.5, 0.6) is 5.75 Å². The zero-order chi connectivity index (χ0) is 34.0. The van der Waals surface area contributed by atoms with Crippen molar-refractivity contribution in [3.8, 4) is 5.75 Å². The number of nitrogens with one attached hydrogen (secondary N) is 1. The molecule has 4 aromatic rings. The molecule has 4 aromatic carbocycles. The van der Waals surface area contributed by atoms with Crippen LogP contribution in [0, 0.1) is 6.92 Å². The number of hydrogen-bond donors (Lipinski definition) is 1. The molecule has 0 bridgehead atoms. The van der Waals surface area contributed by atoms with E-state index in [1.807, 2.05) is 51.1 Å². The molecule has 0 heterocycles. The van der Waals surface area contributed by atoms with Gasteiger partial charge < -0.3 is 15.0 Å². The highest BCUT2D eigenvalue weighted by Crippen LogP contribution is 2.33. The minimum absolute atomic E-state index is 0.0294. The normalized spacial score (nSPS) is 12.5. The molecule has 0 saturated heterocycles. The Kier molecular flexibility index (Phi) is 12.4. The number of carbonyl (C=O) groups is 2. The number of hydrogen-bond acceptors (Lipinski definition) is 5. The Morgan fingerprint density at radius 2 is 1.49 bits per heavy atom. The van der Waals surface area contributed by atoms with E-state index < -0.39 is 28.5 Å². The van der Waals surface area contributed by atoms with Crippen molar-refractivity contribution in [2.75, 3.05) is 17.5 Å². The number of sulfonamides is 1. The van der Waals surface area contributed by atoms with E-state index in [9.17, 15) is 18.0 Å². The van der Waals surface area contributed by atoms with Crippen molar-refractivity contribution in [2.45, 2.75) is 64.1 Å². The fraction of sp³-hybridized carbons (Fsp3) is 0.297. The van der Waals surface area contributed by atoms with Crippen molar-refractivity contribution < 1.29 is 22.7 Å². The third-order valence-electron chi connectivity index (χ3n) is 7.86. The molecule has 2 amide bonds. The molecule has 10 heteroatoms. The van der Waals surface area contributed by atoms with Crippen molar-refractivity contribution in [1.29, 1.82) is 0 Å². The number of anilines is 1. The first-order valence-corrected chi connectivity index (χ1v) is 17.5. The van der Waals surface area contributed by atoms with Crippen LogP contribution in [-0.4, -0.2) is 50.4 Å². The monoisotopic (exact) mass is 675 g/mol. The van der Waals surface area contributed by atoms with E-state index in [-0.39, 0.29) is 35.5 Å². The third kappa shape index (κ3) is 9.36. The van der Waals surface area contributed by atoms with E-state index in [4.69, 9.17) is 16.3 Å². The van der Waals surface area contributed by atoms with Crippen LogP contribution in [0.1, 0.15) is 43.9 Å². The van der Waals surface area contributed by atoms with Crippen LogP contribution in [0.25, 0.3) is 0 Å². The van der Waals surface area contributed by atoms with Gasteiger partial charge in [0.2, 0.25) is 11.8 Å². The highest BCUT2D eigenvalue weighted by atomic mass is 35.5. The third-order valence-corrected chi connectivity index (χ3v) is 9.89. The molecular weight excluding hydrogens is 634 g/mol. The molecule has 0 aliphatic rings. The molecule has 47 heavy (non-hydrogen) atoms. The van der Waals surface area contributed by atoms with E-state index in [1.54, 1.807) is 67.6 Å². The summed E-state index contributed by atoms with van der Waals surface area (Å²) in [6.45, 7) is 7.32. The van der Waals surface area contributed by atoms with Crippen molar-refractivity contribution in [3.05, 3.63) is 125 Å². The molecule has 0 aliphatic carbocycles. The first-order chi connectivity index (χ1) is 22.5. The zero-order valence-electron chi connectivity index (χ0n) is 27.2. The summed E-state index contributed by atoms with van der Waals surface area (Å²) in [5.74, 6) is -0.562. The van der Waals surface area contributed by atoms with E-state index in [1.165, 1.54) is 17.0 Å². The summed E-state index contributed by atoms with van der Waals surface area (Å²) in [7, 11) is -4.26. The number of rotatable bonds is 15. The molecular formula is C37H42ClN3O5S. The Hall–Kier alpha value is -4.34. The van der Waals surface area contributed by atoms with Crippen molar-refractivity contribution in [2.24, 2.45) is 0 Å². The Bertz CT molecular complexity index is 1730. The van der Waals surface area contributed by atoms with Gasteiger partial charge in [-0.25, -0.2) is 8.42 Å². The van der Waals surface area contributed by atoms with Gasteiger partial charge in [0.15, 0.2) is 0 Å². The molecule has 0 saturated carbocycles. The number of ether oxygens (including phenoxy) is 1. The average molecular weight is 676 g/mol. The van der Waals surface area contributed by atoms with Crippen LogP contribution in [0.4, 0.5) is 5.69 Å². The Balaban J connectivity index is 1.84. The second-order valence-electron chi connectivity index (χ2n) is 11.4. The topological polar surface area (TPSA) is 96.0 Å². The smallest absolute Gasteiger partial charge is 0.264 e. The molecule has 4 rings (SSSR count). The van der Waals surface area contributed by atoms with Crippen LogP contribution in [-0.2, 0) is 32.6 Å². The zero-order valence-corrected chi connectivity index (χ0v) is 28.8. The van der Waals surface area contributed by atoms with E-state index in [2.05, 4.69) is 5.32 Å². The van der Waals surface area contributed by atoms with Crippen LogP contribution >= 0.6 is 11.6 Å². The predicted molar refractivity (Wildman–Crippen MR) is 187 cm³/mol. The summed E-state index contributed by atoms with van der Waals surface area (Å²) < 4.78 is 35.6. The fourth-order valence-corrected chi connectivity index (χ4v) is 6.62. The van der Waals surface area contributed by atoms with Gasteiger partial charge in [0.25, 0.3) is 10.0 Å². The maximum absolute atomic E-state index is 14.7. The lowest BCUT2D eigenvalue weighted by Gasteiger charge is -2.34. The number of amides is 2. The summed E-state index contributed by atoms with van der Waals surface area (Å²) in [6.07, 6.45) is 0.925. The van der Waals surface area contributed by atoms with Gasteiger partial charge in [-0.15, -0.1) is 0 Å². The first-order valence-electron chi connectivity index (χ1n) is 15.7. The molecule has 1 N–H and O–H groups in total. The number of nitrogens with zero attached hydrogens (tertiary/aromatic N) is 2. The molecule has 0 fully saturated rings.